The van der Waals surface area contributed by atoms with Crippen molar-refractivity contribution in [1.29, 1.82) is 5.26 Å². The molecule has 3 aromatic heterocycles. The SMILES string of the molecule is COC(=O)[C@H]1O[C@@H](Oc2ccc(Cl)cc2N(C)C(=O)n2ccc3c(-c4cnn([C@@H](C)CC#N)c4)ncnc32)[C@H](OC(C)=O)[C@@H](OC(C)=O)[C@@H]1OC(C)=O. The van der Waals surface area contributed by atoms with Crippen molar-refractivity contribution in [3.8, 4) is 23.1 Å². The van der Waals surface area contributed by atoms with Crippen molar-refractivity contribution in [3.05, 3.63) is 54.2 Å². The van der Waals surface area contributed by atoms with Crippen LogP contribution in [-0.2, 0) is 42.9 Å². The van der Waals surface area contributed by atoms with Crippen LogP contribution in [0.4, 0.5) is 10.5 Å². The number of ether oxygens (including phenoxy) is 6. The van der Waals surface area contributed by atoms with Crippen LogP contribution < -0.4 is 9.64 Å². The van der Waals surface area contributed by atoms with E-state index in [-0.39, 0.29) is 34.6 Å². The van der Waals surface area contributed by atoms with Crippen molar-refractivity contribution in [1.82, 2.24) is 24.3 Å². The number of hydrogen-bond acceptors (Lipinski definition) is 15. The van der Waals surface area contributed by atoms with Crippen LogP contribution in [0, 0.1) is 11.3 Å². The van der Waals surface area contributed by atoms with E-state index in [0.717, 1.165) is 27.9 Å². The first-order valence-electron chi connectivity index (χ1n) is 16.0. The molecule has 0 unspecified atom stereocenters. The third kappa shape index (κ3) is 8.21. The second-order valence-electron chi connectivity index (χ2n) is 11.8. The van der Waals surface area contributed by atoms with Gasteiger partial charge in [0, 0.05) is 56.2 Å². The maximum atomic E-state index is 14.1. The number of benzene rings is 1. The molecule has 53 heavy (non-hydrogen) atoms. The molecule has 1 aliphatic heterocycles. The number of nitriles is 1. The maximum absolute atomic E-state index is 14.1. The fourth-order valence-electron chi connectivity index (χ4n) is 5.68. The van der Waals surface area contributed by atoms with Crippen LogP contribution >= 0.6 is 11.6 Å². The van der Waals surface area contributed by atoms with Gasteiger partial charge in [-0.2, -0.15) is 10.4 Å². The summed E-state index contributed by atoms with van der Waals surface area (Å²) in [5, 5.41) is 14.2. The summed E-state index contributed by atoms with van der Waals surface area (Å²) >= 11 is 6.38. The van der Waals surface area contributed by atoms with Gasteiger partial charge in [-0.25, -0.2) is 19.6 Å². The number of aromatic nitrogens is 5. The third-order valence-electron chi connectivity index (χ3n) is 8.05. The highest BCUT2D eigenvalue weighted by atomic mass is 35.5. The molecule has 1 amide bonds. The quantitative estimate of drug-likeness (QED) is 0.167. The summed E-state index contributed by atoms with van der Waals surface area (Å²) in [7, 11) is 2.50. The second-order valence-corrected chi connectivity index (χ2v) is 12.2. The van der Waals surface area contributed by atoms with Crippen LogP contribution in [0.2, 0.25) is 5.02 Å². The van der Waals surface area contributed by atoms with Crippen LogP contribution in [-0.4, -0.2) is 99.1 Å². The number of nitrogens with zero attached hydrogens (tertiary/aromatic N) is 7. The van der Waals surface area contributed by atoms with E-state index in [0.29, 0.717) is 16.6 Å². The first kappa shape index (κ1) is 38.2. The molecule has 1 aliphatic rings. The lowest BCUT2D eigenvalue weighted by Crippen LogP contribution is -2.64. The predicted molar refractivity (Wildman–Crippen MR) is 182 cm³/mol. The zero-order valence-corrected chi connectivity index (χ0v) is 30.0. The molecule has 0 radical (unpaired) electrons. The van der Waals surface area contributed by atoms with Crippen LogP contribution in [0.5, 0.6) is 5.75 Å². The summed E-state index contributed by atoms with van der Waals surface area (Å²) in [5.74, 6) is -3.64. The number of anilines is 1. The molecule has 1 saturated heterocycles. The van der Waals surface area contributed by atoms with Gasteiger partial charge in [-0.3, -0.25) is 28.5 Å². The first-order valence-corrected chi connectivity index (χ1v) is 16.3. The average molecular weight is 752 g/mol. The Labute approximate surface area is 307 Å². The Morgan fingerprint density at radius 2 is 1.70 bits per heavy atom. The molecule has 278 valence electrons. The Hall–Kier alpha value is -6.06. The molecule has 19 heteroatoms. The minimum absolute atomic E-state index is 0.0470. The number of amides is 1. The minimum Gasteiger partial charge on any atom is -0.467 e. The van der Waals surface area contributed by atoms with Gasteiger partial charge in [0.25, 0.3) is 0 Å². The smallest absolute Gasteiger partial charge is 0.339 e. The van der Waals surface area contributed by atoms with Crippen LogP contribution in [0.15, 0.2) is 49.2 Å². The zero-order chi connectivity index (χ0) is 38.6. The van der Waals surface area contributed by atoms with E-state index in [9.17, 15) is 24.0 Å². The Morgan fingerprint density at radius 1 is 1.02 bits per heavy atom. The monoisotopic (exact) mass is 751 g/mol. The molecule has 18 nitrogen and oxygen atoms in total. The highest BCUT2D eigenvalue weighted by Gasteiger charge is 2.56. The molecule has 0 bridgehead atoms. The number of fused-ring (bicyclic) bond motifs is 1. The van der Waals surface area contributed by atoms with Gasteiger partial charge in [0.05, 0.1) is 43.2 Å². The van der Waals surface area contributed by atoms with Crippen molar-refractivity contribution < 1.29 is 52.4 Å². The normalized spacial score (nSPS) is 20.1. The molecule has 4 heterocycles. The Morgan fingerprint density at radius 3 is 2.36 bits per heavy atom. The van der Waals surface area contributed by atoms with E-state index in [4.69, 9.17) is 45.3 Å². The van der Waals surface area contributed by atoms with Gasteiger partial charge >= 0.3 is 29.9 Å². The first-order chi connectivity index (χ1) is 25.2. The predicted octanol–water partition coefficient (Wildman–Crippen LogP) is 3.60. The minimum atomic E-state index is -1.71. The largest absolute Gasteiger partial charge is 0.467 e. The maximum Gasteiger partial charge on any atom is 0.339 e. The van der Waals surface area contributed by atoms with Crippen molar-refractivity contribution >= 4 is 58.2 Å². The number of rotatable bonds is 10. The highest BCUT2D eigenvalue weighted by Crippen LogP contribution is 2.37. The van der Waals surface area contributed by atoms with E-state index in [2.05, 4.69) is 21.1 Å². The molecule has 0 N–H and O–H groups in total. The van der Waals surface area contributed by atoms with Gasteiger partial charge in [0.15, 0.2) is 24.0 Å². The van der Waals surface area contributed by atoms with Crippen LogP contribution in [0.3, 0.4) is 0 Å². The molecule has 5 rings (SSSR count). The van der Waals surface area contributed by atoms with Gasteiger partial charge < -0.3 is 28.4 Å². The lowest BCUT2D eigenvalue weighted by atomic mass is 9.97. The second kappa shape index (κ2) is 16.1. The molecule has 0 spiro atoms. The lowest BCUT2D eigenvalue weighted by Gasteiger charge is -2.43. The summed E-state index contributed by atoms with van der Waals surface area (Å²) in [6.45, 7) is 5.06. The number of methoxy groups -OCH3 is 1. The third-order valence-corrected chi connectivity index (χ3v) is 8.28. The van der Waals surface area contributed by atoms with E-state index < -0.39 is 60.6 Å². The summed E-state index contributed by atoms with van der Waals surface area (Å²) in [5.41, 5.74) is 1.51. The van der Waals surface area contributed by atoms with E-state index in [1.807, 2.05) is 6.92 Å². The van der Waals surface area contributed by atoms with E-state index in [1.165, 1.54) is 47.2 Å². The number of halogens is 1. The van der Waals surface area contributed by atoms with Crippen LogP contribution in [0.1, 0.15) is 40.2 Å². The molecule has 6 atom stereocenters. The van der Waals surface area contributed by atoms with Crippen LogP contribution in [0.25, 0.3) is 22.3 Å². The van der Waals surface area contributed by atoms with E-state index in [1.54, 1.807) is 23.1 Å². The standard InChI is InChI=1S/C34H34ClN7O11/c1-17(9-11-36)42-15-21(14-39-42)26-23-10-12-41(31(23)38-16-37-26)34(47)40(5)24-13-22(35)7-8-25(24)52-33-30(51-20(4)45)28(50-19(3)44)27(49-18(2)43)29(53-33)32(46)48-6/h7-8,10,12-17,27-30,33H,9H2,1-6H3/t17-,27-,28-,29-,30+,33+/m0/s1. The van der Waals surface area contributed by atoms with Gasteiger partial charge in [0.1, 0.15) is 12.1 Å². The number of carbonyl (C=O) groups is 5. The van der Waals surface area contributed by atoms with Gasteiger partial charge in [-0.15, -0.1) is 0 Å². The molecular formula is C34H34ClN7O11. The van der Waals surface area contributed by atoms with Gasteiger partial charge in [-0.05, 0) is 31.2 Å². The van der Waals surface area contributed by atoms with Gasteiger partial charge in [0.2, 0.25) is 12.4 Å². The molecular weight excluding hydrogens is 718 g/mol. The fourth-order valence-corrected chi connectivity index (χ4v) is 5.85. The Bertz CT molecular complexity index is 2090. The van der Waals surface area contributed by atoms with Crippen molar-refractivity contribution in [3.63, 3.8) is 0 Å². The molecule has 1 aromatic carbocycles. The topological polar surface area (TPSA) is 216 Å². The highest BCUT2D eigenvalue weighted by molar-refractivity contribution is 6.31. The average Bonchev–Trinajstić information content (AvgIpc) is 3.78. The van der Waals surface area contributed by atoms with Crippen molar-refractivity contribution in [2.24, 2.45) is 0 Å². The van der Waals surface area contributed by atoms with E-state index >= 15 is 0 Å². The summed E-state index contributed by atoms with van der Waals surface area (Å²) in [6.07, 6.45) is -1.75. The molecule has 0 saturated carbocycles. The summed E-state index contributed by atoms with van der Waals surface area (Å²) in [4.78, 5) is 73.5. The number of esters is 4. The summed E-state index contributed by atoms with van der Waals surface area (Å²) < 4.78 is 36.1. The molecule has 1 fully saturated rings. The van der Waals surface area contributed by atoms with Gasteiger partial charge in [-0.1, -0.05) is 11.6 Å². The Balaban J connectivity index is 1.51. The Kier molecular flexibility index (Phi) is 11.6. The van der Waals surface area contributed by atoms with Crippen molar-refractivity contribution in [2.75, 3.05) is 19.1 Å². The lowest BCUT2D eigenvalue weighted by molar-refractivity contribution is -0.282. The fraction of sp³-hybridized carbons (Fsp3) is 0.382. The number of carbonyl (C=O) groups excluding carboxylic acids is 5. The van der Waals surface area contributed by atoms with Crippen molar-refractivity contribution in [2.45, 2.75) is 70.9 Å². The zero-order valence-electron chi connectivity index (χ0n) is 29.3. The summed E-state index contributed by atoms with van der Waals surface area (Å²) in [6, 6.07) is 7.28. The molecule has 4 aromatic rings. The molecule has 0 aliphatic carbocycles. The number of hydrogen-bond donors (Lipinski definition) is 0.